The summed E-state index contributed by atoms with van der Waals surface area (Å²) in [6.45, 7) is 5.66. The lowest BCUT2D eigenvalue weighted by molar-refractivity contribution is -0.00138. The first-order valence-electron chi connectivity index (χ1n) is 8.57. The summed E-state index contributed by atoms with van der Waals surface area (Å²) in [7, 11) is 0. The van der Waals surface area contributed by atoms with Crippen LogP contribution in [0.1, 0.15) is 24.3 Å². The van der Waals surface area contributed by atoms with E-state index in [2.05, 4.69) is 10.4 Å². The van der Waals surface area contributed by atoms with Gasteiger partial charge in [0, 0.05) is 25.0 Å². The van der Waals surface area contributed by atoms with Gasteiger partial charge < -0.3 is 19.7 Å². The third-order valence-corrected chi connectivity index (χ3v) is 3.96. The van der Waals surface area contributed by atoms with E-state index < -0.39 is 5.97 Å². The lowest BCUT2D eigenvalue weighted by Crippen LogP contribution is -2.46. The van der Waals surface area contributed by atoms with Gasteiger partial charge in [0.2, 0.25) is 0 Å². The molecule has 26 heavy (non-hydrogen) atoms. The molecule has 8 nitrogen and oxygen atoms in total. The number of urea groups is 1. The van der Waals surface area contributed by atoms with Gasteiger partial charge in [-0.05, 0) is 38.1 Å². The molecule has 1 fully saturated rings. The van der Waals surface area contributed by atoms with Gasteiger partial charge in [-0.2, -0.15) is 5.10 Å². The Balaban J connectivity index is 1.70. The summed E-state index contributed by atoms with van der Waals surface area (Å²) in [5.74, 6) is -0.461. The number of anilines is 1. The summed E-state index contributed by atoms with van der Waals surface area (Å²) in [5.41, 5.74) is 1.62. The number of ether oxygens (including phenoxy) is 2. The maximum Gasteiger partial charge on any atom is 0.358 e. The van der Waals surface area contributed by atoms with E-state index in [9.17, 15) is 9.59 Å². The Morgan fingerprint density at radius 3 is 3.00 bits per heavy atom. The lowest BCUT2D eigenvalue weighted by Gasteiger charge is -2.31. The number of hydrogen-bond donors (Lipinski definition) is 1. The van der Waals surface area contributed by atoms with Gasteiger partial charge in [-0.3, -0.25) is 0 Å². The van der Waals surface area contributed by atoms with Crippen molar-refractivity contribution in [3.05, 3.63) is 42.2 Å². The molecule has 0 saturated carbocycles. The zero-order valence-corrected chi connectivity index (χ0v) is 14.8. The first-order valence-corrected chi connectivity index (χ1v) is 8.57. The number of nitrogens with one attached hydrogen (secondary N) is 1. The Bertz CT molecular complexity index is 789. The fraction of sp³-hybridized carbons (Fsp3) is 0.389. The Labute approximate surface area is 151 Å². The van der Waals surface area contributed by atoms with Crippen LogP contribution in [0.4, 0.5) is 10.5 Å². The predicted molar refractivity (Wildman–Crippen MR) is 95.5 cm³/mol. The highest BCUT2D eigenvalue weighted by Crippen LogP contribution is 2.16. The van der Waals surface area contributed by atoms with Gasteiger partial charge in [0.05, 0.1) is 25.0 Å². The molecule has 8 heteroatoms. The second-order valence-electron chi connectivity index (χ2n) is 5.97. The molecule has 0 radical (unpaired) electrons. The molecule has 2 amide bonds. The fourth-order valence-corrected chi connectivity index (χ4v) is 2.71. The number of carbonyl (C=O) groups excluding carboxylic acids is 2. The van der Waals surface area contributed by atoms with Gasteiger partial charge >= 0.3 is 12.0 Å². The molecule has 0 spiro atoms. The van der Waals surface area contributed by atoms with E-state index in [-0.39, 0.29) is 17.8 Å². The molecule has 2 aromatic rings. The second-order valence-corrected chi connectivity index (χ2v) is 5.97. The number of hydrogen-bond acceptors (Lipinski definition) is 5. The molecule has 1 N–H and O–H groups in total. The van der Waals surface area contributed by atoms with Crippen molar-refractivity contribution in [2.75, 3.05) is 31.6 Å². The number of aromatic nitrogens is 2. The van der Waals surface area contributed by atoms with E-state index in [4.69, 9.17) is 9.47 Å². The molecule has 1 atom stereocenters. The molecular weight excluding hydrogens is 336 g/mol. The molecule has 1 aromatic carbocycles. The molecule has 1 aromatic heterocycles. The number of esters is 1. The summed E-state index contributed by atoms with van der Waals surface area (Å²) >= 11 is 0. The van der Waals surface area contributed by atoms with Crippen molar-refractivity contribution < 1.29 is 19.1 Å². The molecule has 1 saturated heterocycles. The minimum Gasteiger partial charge on any atom is -0.461 e. The highest BCUT2D eigenvalue weighted by Gasteiger charge is 2.21. The molecule has 3 rings (SSSR count). The minimum atomic E-state index is -0.461. The molecule has 138 valence electrons. The first-order chi connectivity index (χ1) is 12.6. The highest BCUT2D eigenvalue weighted by atomic mass is 16.5. The van der Waals surface area contributed by atoms with Crippen molar-refractivity contribution in [1.29, 1.82) is 0 Å². The zero-order chi connectivity index (χ0) is 18.5. The van der Waals surface area contributed by atoms with Crippen LogP contribution in [0.25, 0.3) is 5.69 Å². The number of nitrogens with zero attached hydrogens (tertiary/aromatic N) is 3. The molecule has 0 bridgehead atoms. The monoisotopic (exact) mass is 358 g/mol. The average molecular weight is 358 g/mol. The van der Waals surface area contributed by atoms with Crippen molar-refractivity contribution in [2.24, 2.45) is 0 Å². The van der Waals surface area contributed by atoms with E-state index in [0.29, 0.717) is 32.0 Å². The van der Waals surface area contributed by atoms with Gasteiger partial charge in [0.25, 0.3) is 0 Å². The molecular formula is C18H22N4O4. The van der Waals surface area contributed by atoms with Crippen LogP contribution >= 0.6 is 0 Å². The first kappa shape index (κ1) is 17.9. The quantitative estimate of drug-likeness (QED) is 0.848. The zero-order valence-electron chi connectivity index (χ0n) is 14.8. The molecule has 1 aliphatic rings. The van der Waals surface area contributed by atoms with Gasteiger partial charge in [0.1, 0.15) is 0 Å². The Morgan fingerprint density at radius 2 is 2.23 bits per heavy atom. The van der Waals surface area contributed by atoms with Crippen molar-refractivity contribution in [1.82, 2.24) is 14.7 Å². The fourth-order valence-electron chi connectivity index (χ4n) is 2.71. The number of morpholine rings is 1. The Hall–Kier alpha value is -2.87. The third-order valence-electron chi connectivity index (χ3n) is 3.96. The Morgan fingerprint density at radius 1 is 1.38 bits per heavy atom. The van der Waals surface area contributed by atoms with Crippen LogP contribution in [-0.4, -0.2) is 59.1 Å². The maximum absolute atomic E-state index is 12.4. The van der Waals surface area contributed by atoms with E-state index in [1.165, 1.54) is 0 Å². The van der Waals surface area contributed by atoms with Gasteiger partial charge in [0.15, 0.2) is 5.69 Å². The molecule has 1 aliphatic heterocycles. The van der Waals surface area contributed by atoms with Crippen LogP contribution in [0.2, 0.25) is 0 Å². The summed E-state index contributed by atoms with van der Waals surface area (Å²) in [6, 6.07) is 8.70. The predicted octanol–water partition coefficient (Wildman–Crippen LogP) is 2.30. The highest BCUT2D eigenvalue weighted by molar-refractivity contribution is 5.90. The number of rotatable bonds is 4. The SMILES string of the molecule is CCOC(=O)c1ccn(-c2cccc(NC(=O)N3CCO[C@@H](C)C3)c2)n1. The molecule has 0 aliphatic carbocycles. The van der Waals surface area contributed by atoms with Crippen LogP contribution in [0.15, 0.2) is 36.5 Å². The van der Waals surface area contributed by atoms with Crippen LogP contribution in [0.5, 0.6) is 0 Å². The summed E-state index contributed by atoms with van der Waals surface area (Å²) in [6.07, 6.45) is 1.71. The van der Waals surface area contributed by atoms with Crippen LogP contribution in [0.3, 0.4) is 0 Å². The van der Waals surface area contributed by atoms with E-state index in [1.807, 2.05) is 19.1 Å². The number of amides is 2. The number of benzene rings is 1. The van der Waals surface area contributed by atoms with Gasteiger partial charge in [-0.15, -0.1) is 0 Å². The normalized spacial score (nSPS) is 17.0. The van der Waals surface area contributed by atoms with Crippen molar-refractivity contribution in [3.8, 4) is 5.69 Å². The topological polar surface area (TPSA) is 85.7 Å². The van der Waals surface area contributed by atoms with Crippen molar-refractivity contribution in [3.63, 3.8) is 0 Å². The minimum absolute atomic E-state index is 0.0335. The van der Waals surface area contributed by atoms with Crippen LogP contribution < -0.4 is 5.32 Å². The molecule has 0 unspecified atom stereocenters. The summed E-state index contributed by atoms with van der Waals surface area (Å²) in [5, 5.41) is 7.11. The average Bonchev–Trinajstić information content (AvgIpc) is 3.12. The third kappa shape index (κ3) is 4.20. The second kappa shape index (κ2) is 8.01. The summed E-state index contributed by atoms with van der Waals surface area (Å²) in [4.78, 5) is 25.9. The summed E-state index contributed by atoms with van der Waals surface area (Å²) < 4.78 is 12.0. The van der Waals surface area contributed by atoms with Crippen LogP contribution in [0, 0.1) is 0 Å². The van der Waals surface area contributed by atoms with Gasteiger partial charge in [-0.25, -0.2) is 14.3 Å². The van der Waals surface area contributed by atoms with E-state index >= 15 is 0 Å². The standard InChI is InChI=1S/C18H22N4O4/c1-3-25-17(23)16-7-8-22(20-16)15-6-4-5-14(11-15)19-18(24)21-9-10-26-13(2)12-21/h4-8,11,13H,3,9-10,12H2,1-2H3,(H,19,24)/t13-/m0/s1. The number of carbonyl (C=O) groups is 2. The molecule has 2 heterocycles. The maximum atomic E-state index is 12.4. The van der Waals surface area contributed by atoms with Gasteiger partial charge in [-0.1, -0.05) is 6.07 Å². The lowest BCUT2D eigenvalue weighted by atomic mass is 10.2. The van der Waals surface area contributed by atoms with E-state index in [0.717, 1.165) is 5.69 Å². The van der Waals surface area contributed by atoms with Crippen LogP contribution in [-0.2, 0) is 9.47 Å². The van der Waals surface area contributed by atoms with Crippen molar-refractivity contribution >= 4 is 17.7 Å². The van der Waals surface area contributed by atoms with E-state index in [1.54, 1.807) is 40.9 Å². The smallest absolute Gasteiger partial charge is 0.358 e. The largest absolute Gasteiger partial charge is 0.461 e. The van der Waals surface area contributed by atoms with Crippen molar-refractivity contribution in [2.45, 2.75) is 20.0 Å². The Kier molecular flexibility index (Phi) is 5.52.